The van der Waals surface area contributed by atoms with Gasteiger partial charge in [-0.15, -0.1) is 0 Å². The summed E-state index contributed by atoms with van der Waals surface area (Å²) in [4.78, 5) is 13.1. The molecule has 3 aromatic rings. The lowest BCUT2D eigenvalue weighted by Gasteiger charge is -2.25. The third-order valence-corrected chi connectivity index (χ3v) is 7.06. The van der Waals surface area contributed by atoms with E-state index in [1.165, 1.54) is 16.4 Å². The van der Waals surface area contributed by atoms with Gasteiger partial charge in [0.05, 0.1) is 17.1 Å². The number of sulfonamides is 1. The van der Waals surface area contributed by atoms with E-state index in [9.17, 15) is 13.2 Å². The molecule has 1 heterocycles. The van der Waals surface area contributed by atoms with Crippen LogP contribution in [0.1, 0.15) is 49.3 Å². The minimum absolute atomic E-state index is 0.190. The summed E-state index contributed by atoms with van der Waals surface area (Å²) in [5.74, 6) is 0.688. The largest absolute Gasteiger partial charge is 0.307 e. The summed E-state index contributed by atoms with van der Waals surface area (Å²) in [6.07, 6.45) is 0. The fourth-order valence-corrected chi connectivity index (χ4v) is 5.49. The number of hydrogen-bond acceptors (Lipinski definition) is 4. The van der Waals surface area contributed by atoms with E-state index >= 15 is 0 Å². The molecule has 3 rings (SSSR count). The van der Waals surface area contributed by atoms with Crippen LogP contribution in [-0.2, 0) is 16.6 Å². The summed E-state index contributed by atoms with van der Waals surface area (Å²) in [6, 6.07) is 17.8. The Morgan fingerprint density at radius 3 is 2.12 bits per heavy atom. The maximum Gasteiger partial charge on any atom is 0.256 e. The first-order valence-electron chi connectivity index (χ1n) is 11.6. The predicted octanol–water partition coefficient (Wildman–Crippen LogP) is 4.79. The molecule has 34 heavy (non-hydrogen) atoms. The maximum atomic E-state index is 13.2. The van der Waals surface area contributed by atoms with Gasteiger partial charge in [-0.25, -0.2) is 13.1 Å². The van der Waals surface area contributed by atoms with E-state index in [1.807, 2.05) is 71.0 Å². The Hall–Kier alpha value is -2.97. The van der Waals surface area contributed by atoms with Gasteiger partial charge in [0.25, 0.3) is 5.91 Å². The first-order valence-corrected chi connectivity index (χ1v) is 13.0. The molecule has 2 aromatic carbocycles. The Morgan fingerprint density at radius 2 is 1.56 bits per heavy atom. The van der Waals surface area contributed by atoms with Gasteiger partial charge in [0.15, 0.2) is 0 Å². The van der Waals surface area contributed by atoms with E-state index in [4.69, 9.17) is 0 Å². The number of carbonyl (C=O) groups excluding carboxylic acids is 1. The third kappa shape index (κ3) is 6.55. The number of aromatic nitrogens is 2. The van der Waals surface area contributed by atoms with Crippen molar-refractivity contribution >= 4 is 21.7 Å². The molecule has 0 bridgehead atoms. The fourth-order valence-electron chi connectivity index (χ4n) is 3.72. The van der Waals surface area contributed by atoms with Gasteiger partial charge < -0.3 is 5.32 Å². The highest BCUT2D eigenvalue weighted by Gasteiger charge is 2.26. The molecule has 0 radical (unpaired) electrons. The van der Waals surface area contributed by atoms with Crippen molar-refractivity contribution in [1.82, 2.24) is 14.1 Å². The molecule has 1 amide bonds. The van der Waals surface area contributed by atoms with Crippen molar-refractivity contribution in [3.8, 4) is 0 Å². The number of carbonyl (C=O) groups is 1. The molecule has 0 saturated carbocycles. The van der Waals surface area contributed by atoms with Crippen molar-refractivity contribution in [2.24, 2.45) is 11.8 Å². The van der Waals surface area contributed by atoms with Gasteiger partial charge >= 0.3 is 0 Å². The smallest absolute Gasteiger partial charge is 0.256 e. The molecule has 0 aliphatic heterocycles. The van der Waals surface area contributed by atoms with E-state index in [0.29, 0.717) is 31.0 Å². The summed E-state index contributed by atoms with van der Waals surface area (Å²) in [5.41, 5.74) is 2.24. The van der Waals surface area contributed by atoms with Gasteiger partial charge in [0, 0.05) is 24.7 Å². The monoisotopic (exact) mass is 482 g/mol. The van der Waals surface area contributed by atoms with E-state index in [-0.39, 0.29) is 22.6 Å². The highest BCUT2D eigenvalue weighted by atomic mass is 32.2. The van der Waals surface area contributed by atoms with Crippen molar-refractivity contribution in [2.75, 3.05) is 18.4 Å². The third-order valence-electron chi connectivity index (χ3n) is 5.21. The number of nitrogens with zero attached hydrogens (tertiary/aromatic N) is 3. The zero-order valence-corrected chi connectivity index (χ0v) is 21.3. The summed E-state index contributed by atoms with van der Waals surface area (Å²) >= 11 is 0. The molecule has 0 atom stereocenters. The van der Waals surface area contributed by atoms with E-state index < -0.39 is 10.0 Å². The molecule has 0 fully saturated rings. The summed E-state index contributed by atoms with van der Waals surface area (Å²) in [7, 11) is -3.64. The molecule has 1 aromatic heterocycles. The van der Waals surface area contributed by atoms with E-state index in [0.717, 1.165) is 11.3 Å². The molecule has 7 nitrogen and oxygen atoms in total. The van der Waals surface area contributed by atoms with Gasteiger partial charge in [0.2, 0.25) is 10.0 Å². The van der Waals surface area contributed by atoms with Gasteiger partial charge in [-0.2, -0.15) is 9.40 Å². The minimum Gasteiger partial charge on any atom is -0.307 e. The standard InChI is InChI=1S/C26H34N4O3S/c1-19(2)16-29(17-20(3)4)34(32,33)24-13-11-23(12-14-24)26(31)27-25-15-21(5)28-30(25)18-22-9-7-6-8-10-22/h6-15,19-20H,16-18H2,1-5H3,(H,27,31). The van der Waals surface area contributed by atoms with Crippen LogP contribution < -0.4 is 5.32 Å². The zero-order chi connectivity index (χ0) is 24.9. The highest BCUT2D eigenvalue weighted by Crippen LogP contribution is 2.20. The van der Waals surface area contributed by atoms with Crippen LogP contribution in [0.5, 0.6) is 0 Å². The molecule has 1 N–H and O–H groups in total. The van der Waals surface area contributed by atoms with Crippen molar-refractivity contribution in [3.05, 3.63) is 77.5 Å². The molecular weight excluding hydrogens is 448 g/mol. The van der Waals surface area contributed by atoms with Crippen LogP contribution in [0.4, 0.5) is 5.82 Å². The Kier molecular flexibility index (Phi) is 8.28. The number of hydrogen-bond donors (Lipinski definition) is 1. The van der Waals surface area contributed by atoms with E-state index in [2.05, 4.69) is 10.4 Å². The van der Waals surface area contributed by atoms with Crippen LogP contribution in [-0.4, -0.2) is 41.5 Å². The van der Waals surface area contributed by atoms with Crippen molar-refractivity contribution in [2.45, 2.75) is 46.1 Å². The summed E-state index contributed by atoms with van der Waals surface area (Å²) in [5, 5.41) is 7.39. The molecule has 0 unspecified atom stereocenters. The zero-order valence-electron chi connectivity index (χ0n) is 20.5. The second-order valence-electron chi connectivity index (χ2n) is 9.40. The predicted molar refractivity (Wildman–Crippen MR) is 135 cm³/mol. The van der Waals surface area contributed by atoms with Crippen molar-refractivity contribution < 1.29 is 13.2 Å². The Balaban J connectivity index is 1.77. The first kappa shape index (κ1) is 25.6. The summed E-state index contributed by atoms with van der Waals surface area (Å²) < 4.78 is 29.7. The van der Waals surface area contributed by atoms with Crippen LogP contribution >= 0.6 is 0 Å². The number of aryl methyl sites for hydroxylation is 1. The fraction of sp³-hybridized carbons (Fsp3) is 0.385. The minimum atomic E-state index is -3.64. The van der Waals surface area contributed by atoms with Crippen LogP contribution in [0.2, 0.25) is 0 Å². The lowest BCUT2D eigenvalue weighted by atomic mass is 10.2. The normalized spacial score (nSPS) is 12.0. The van der Waals surface area contributed by atoms with Crippen molar-refractivity contribution in [3.63, 3.8) is 0 Å². The first-order chi connectivity index (χ1) is 16.1. The summed E-state index contributed by atoms with van der Waals surface area (Å²) in [6.45, 7) is 11.3. The maximum absolute atomic E-state index is 13.2. The van der Waals surface area contributed by atoms with Gasteiger partial charge in [-0.3, -0.25) is 4.79 Å². The molecule has 0 spiro atoms. The lowest BCUT2D eigenvalue weighted by Crippen LogP contribution is -2.37. The Bertz CT molecular complexity index is 1190. The average molecular weight is 483 g/mol. The second-order valence-corrected chi connectivity index (χ2v) is 11.3. The molecule has 0 aliphatic carbocycles. The Morgan fingerprint density at radius 1 is 0.971 bits per heavy atom. The second kappa shape index (κ2) is 11.0. The average Bonchev–Trinajstić information content (AvgIpc) is 3.11. The number of amides is 1. The number of nitrogens with one attached hydrogen (secondary N) is 1. The number of rotatable bonds is 10. The van der Waals surface area contributed by atoms with Crippen LogP contribution in [0, 0.1) is 18.8 Å². The van der Waals surface area contributed by atoms with Crippen molar-refractivity contribution in [1.29, 1.82) is 0 Å². The number of anilines is 1. The quantitative estimate of drug-likeness (QED) is 0.450. The molecule has 182 valence electrons. The topological polar surface area (TPSA) is 84.3 Å². The highest BCUT2D eigenvalue weighted by molar-refractivity contribution is 7.89. The molecular formula is C26H34N4O3S. The van der Waals surface area contributed by atoms with Crippen LogP contribution in [0.15, 0.2) is 65.6 Å². The molecule has 0 aliphatic rings. The van der Waals surface area contributed by atoms with Crippen LogP contribution in [0.3, 0.4) is 0 Å². The molecule has 0 saturated heterocycles. The van der Waals surface area contributed by atoms with Crippen LogP contribution in [0.25, 0.3) is 0 Å². The SMILES string of the molecule is Cc1cc(NC(=O)c2ccc(S(=O)(=O)N(CC(C)C)CC(C)C)cc2)n(Cc2ccccc2)n1. The molecule has 8 heteroatoms. The van der Waals surface area contributed by atoms with Gasteiger partial charge in [0.1, 0.15) is 5.82 Å². The number of benzene rings is 2. The van der Waals surface area contributed by atoms with Gasteiger partial charge in [-0.1, -0.05) is 58.0 Å². The van der Waals surface area contributed by atoms with E-state index in [1.54, 1.807) is 16.8 Å². The lowest BCUT2D eigenvalue weighted by molar-refractivity contribution is 0.102. The Labute approximate surface area is 202 Å². The van der Waals surface area contributed by atoms with Gasteiger partial charge in [-0.05, 0) is 48.6 Å².